The van der Waals surface area contributed by atoms with E-state index in [0.29, 0.717) is 17.0 Å². The van der Waals surface area contributed by atoms with E-state index in [1.165, 1.54) is 4.90 Å². The van der Waals surface area contributed by atoms with Crippen molar-refractivity contribution in [2.45, 2.75) is 6.92 Å². The molecule has 132 valence electrons. The molecular formula is C18H18Br2N2O3. The van der Waals surface area contributed by atoms with Crippen molar-refractivity contribution < 1.29 is 14.3 Å². The Balaban J connectivity index is 1.96. The maximum Gasteiger partial charge on any atom is 0.262 e. The van der Waals surface area contributed by atoms with E-state index in [0.717, 1.165) is 14.5 Å². The van der Waals surface area contributed by atoms with Crippen LogP contribution in [0.15, 0.2) is 45.3 Å². The fourth-order valence-corrected chi connectivity index (χ4v) is 3.71. The summed E-state index contributed by atoms with van der Waals surface area (Å²) in [5.74, 6) is 0.267. The fourth-order valence-electron chi connectivity index (χ4n) is 2.16. The second-order valence-corrected chi connectivity index (χ2v) is 7.42. The summed E-state index contributed by atoms with van der Waals surface area (Å²) in [7, 11) is 3.38. The fraction of sp³-hybridized carbons (Fsp3) is 0.222. The van der Waals surface area contributed by atoms with Crippen LogP contribution in [0, 0.1) is 6.92 Å². The molecule has 0 aliphatic heterocycles. The van der Waals surface area contributed by atoms with Gasteiger partial charge in [0, 0.05) is 29.8 Å². The van der Waals surface area contributed by atoms with Crippen molar-refractivity contribution in [3.8, 4) is 5.75 Å². The molecule has 1 N–H and O–H groups in total. The van der Waals surface area contributed by atoms with Crippen LogP contribution >= 0.6 is 31.9 Å². The van der Waals surface area contributed by atoms with Crippen molar-refractivity contribution in [3.05, 3.63) is 56.5 Å². The molecule has 2 amide bonds. The average molecular weight is 470 g/mol. The molecule has 0 saturated heterocycles. The molecule has 7 heteroatoms. The van der Waals surface area contributed by atoms with Gasteiger partial charge in [0.2, 0.25) is 0 Å². The Bertz CT molecular complexity index is 766. The maximum atomic E-state index is 12.1. The van der Waals surface area contributed by atoms with Gasteiger partial charge in [-0.1, -0.05) is 15.9 Å². The molecule has 0 bridgehead atoms. The highest BCUT2D eigenvalue weighted by atomic mass is 79.9. The number of anilines is 1. The number of ether oxygens (including phenoxy) is 1. The summed E-state index contributed by atoms with van der Waals surface area (Å²) < 4.78 is 7.32. The van der Waals surface area contributed by atoms with Crippen molar-refractivity contribution in [2.75, 3.05) is 26.0 Å². The zero-order chi connectivity index (χ0) is 18.6. The third-order valence-corrected chi connectivity index (χ3v) is 4.41. The Morgan fingerprint density at radius 1 is 1.12 bits per heavy atom. The number of aryl methyl sites for hydroxylation is 1. The van der Waals surface area contributed by atoms with Gasteiger partial charge in [0.15, 0.2) is 6.61 Å². The van der Waals surface area contributed by atoms with Gasteiger partial charge in [0.05, 0.1) is 4.47 Å². The predicted octanol–water partition coefficient (Wildman–Crippen LogP) is 4.24. The third-order valence-electron chi connectivity index (χ3n) is 3.36. The van der Waals surface area contributed by atoms with Crippen LogP contribution in [0.4, 0.5) is 5.69 Å². The van der Waals surface area contributed by atoms with Gasteiger partial charge in [-0.2, -0.15) is 0 Å². The van der Waals surface area contributed by atoms with E-state index in [9.17, 15) is 9.59 Å². The number of nitrogens with one attached hydrogen (secondary N) is 1. The molecule has 0 heterocycles. The lowest BCUT2D eigenvalue weighted by Gasteiger charge is -2.13. The van der Waals surface area contributed by atoms with Gasteiger partial charge < -0.3 is 15.0 Å². The Hall–Kier alpha value is -1.86. The lowest BCUT2D eigenvalue weighted by molar-refractivity contribution is -0.118. The molecule has 2 aromatic carbocycles. The molecule has 0 aliphatic carbocycles. The van der Waals surface area contributed by atoms with Gasteiger partial charge in [-0.25, -0.2) is 0 Å². The molecule has 0 unspecified atom stereocenters. The first-order valence-electron chi connectivity index (χ1n) is 7.48. The minimum Gasteiger partial charge on any atom is -0.482 e. The Kier molecular flexibility index (Phi) is 6.61. The van der Waals surface area contributed by atoms with Crippen LogP contribution in [0.5, 0.6) is 5.75 Å². The summed E-state index contributed by atoms with van der Waals surface area (Å²) in [6.45, 7) is 1.79. The molecule has 5 nitrogen and oxygen atoms in total. The smallest absolute Gasteiger partial charge is 0.262 e. The highest BCUT2D eigenvalue weighted by molar-refractivity contribution is 9.11. The molecular weight excluding hydrogens is 452 g/mol. The summed E-state index contributed by atoms with van der Waals surface area (Å²) in [5, 5.41) is 2.74. The standard InChI is InChI=1S/C18H18Br2N2O3/c1-11-8-13(19)9-15(20)17(11)25-10-16(23)21-14-6-4-12(5-7-14)18(24)22(2)3/h4-9H,10H2,1-3H3,(H,21,23). The number of nitrogens with zero attached hydrogens (tertiary/aromatic N) is 1. The second-order valence-electron chi connectivity index (χ2n) is 5.65. The maximum absolute atomic E-state index is 12.1. The summed E-state index contributed by atoms with van der Waals surface area (Å²) in [4.78, 5) is 25.4. The number of hydrogen-bond acceptors (Lipinski definition) is 3. The topological polar surface area (TPSA) is 58.6 Å². The van der Waals surface area contributed by atoms with Crippen molar-refractivity contribution >= 4 is 49.4 Å². The number of benzene rings is 2. The first-order valence-corrected chi connectivity index (χ1v) is 9.06. The number of amides is 2. The van der Waals surface area contributed by atoms with E-state index in [-0.39, 0.29) is 18.4 Å². The van der Waals surface area contributed by atoms with Crippen molar-refractivity contribution in [1.29, 1.82) is 0 Å². The normalized spacial score (nSPS) is 10.3. The van der Waals surface area contributed by atoms with Gasteiger partial charge in [0.1, 0.15) is 5.75 Å². The molecule has 0 saturated carbocycles. The van der Waals surface area contributed by atoms with Gasteiger partial charge >= 0.3 is 0 Å². The minimum atomic E-state index is -0.277. The van der Waals surface area contributed by atoms with Crippen LogP contribution in [-0.4, -0.2) is 37.4 Å². The second kappa shape index (κ2) is 8.49. The highest BCUT2D eigenvalue weighted by Crippen LogP contribution is 2.32. The van der Waals surface area contributed by atoms with E-state index < -0.39 is 0 Å². The van der Waals surface area contributed by atoms with Crippen LogP contribution < -0.4 is 10.1 Å². The number of carbonyl (C=O) groups excluding carboxylic acids is 2. The summed E-state index contributed by atoms with van der Waals surface area (Å²) in [6, 6.07) is 10.5. The van der Waals surface area contributed by atoms with Crippen LogP contribution in [0.25, 0.3) is 0 Å². The number of rotatable bonds is 5. The summed E-state index contributed by atoms with van der Waals surface area (Å²) in [6.07, 6.45) is 0. The summed E-state index contributed by atoms with van der Waals surface area (Å²) in [5.41, 5.74) is 2.09. The Labute approximate surface area is 163 Å². The Morgan fingerprint density at radius 2 is 1.76 bits per heavy atom. The third kappa shape index (κ3) is 5.31. The quantitative estimate of drug-likeness (QED) is 0.712. The SMILES string of the molecule is Cc1cc(Br)cc(Br)c1OCC(=O)Nc1ccc(C(=O)N(C)C)cc1. The molecule has 0 fully saturated rings. The van der Waals surface area contributed by atoms with Gasteiger partial charge in [0.25, 0.3) is 11.8 Å². The molecule has 0 aromatic heterocycles. The number of halogens is 2. The van der Waals surface area contributed by atoms with Gasteiger partial charge in [-0.3, -0.25) is 9.59 Å². The molecule has 0 aliphatic rings. The lowest BCUT2D eigenvalue weighted by atomic mass is 10.2. The first kappa shape index (κ1) is 19.5. The molecule has 2 rings (SSSR count). The largest absolute Gasteiger partial charge is 0.482 e. The van der Waals surface area contributed by atoms with Crippen molar-refractivity contribution in [3.63, 3.8) is 0 Å². The van der Waals surface area contributed by atoms with E-state index in [4.69, 9.17) is 4.74 Å². The summed E-state index contributed by atoms with van der Waals surface area (Å²) >= 11 is 6.83. The minimum absolute atomic E-state index is 0.0863. The molecule has 25 heavy (non-hydrogen) atoms. The van der Waals surface area contributed by atoms with Crippen molar-refractivity contribution in [2.24, 2.45) is 0 Å². The monoisotopic (exact) mass is 468 g/mol. The first-order chi connectivity index (χ1) is 11.8. The van der Waals surface area contributed by atoms with Gasteiger partial charge in [-0.05, 0) is 64.8 Å². The van der Waals surface area contributed by atoms with E-state index in [1.807, 2.05) is 19.1 Å². The zero-order valence-electron chi connectivity index (χ0n) is 14.1. The molecule has 0 radical (unpaired) electrons. The Morgan fingerprint density at radius 3 is 2.32 bits per heavy atom. The highest BCUT2D eigenvalue weighted by Gasteiger charge is 2.11. The van der Waals surface area contributed by atoms with E-state index in [2.05, 4.69) is 37.2 Å². The van der Waals surface area contributed by atoms with Gasteiger partial charge in [-0.15, -0.1) is 0 Å². The van der Waals surface area contributed by atoms with Crippen LogP contribution in [0.2, 0.25) is 0 Å². The zero-order valence-corrected chi connectivity index (χ0v) is 17.3. The average Bonchev–Trinajstić information content (AvgIpc) is 2.53. The lowest BCUT2D eigenvalue weighted by Crippen LogP contribution is -2.22. The van der Waals surface area contributed by atoms with E-state index in [1.54, 1.807) is 38.4 Å². The van der Waals surface area contributed by atoms with Crippen LogP contribution in [-0.2, 0) is 4.79 Å². The molecule has 0 spiro atoms. The van der Waals surface area contributed by atoms with E-state index >= 15 is 0 Å². The van der Waals surface area contributed by atoms with Crippen LogP contribution in [0.3, 0.4) is 0 Å². The number of carbonyl (C=O) groups is 2. The van der Waals surface area contributed by atoms with Crippen molar-refractivity contribution in [1.82, 2.24) is 4.90 Å². The molecule has 0 atom stereocenters. The van der Waals surface area contributed by atoms with Crippen LogP contribution in [0.1, 0.15) is 15.9 Å². The molecule has 2 aromatic rings. The number of hydrogen-bond donors (Lipinski definition) is 1. The predicted molar refractivity (Wildman–Crippen MR) is 105 cm³/mol.